The number of carbonyl (C=O) groups is 2. The summed E-state index contributed by atoms with van der Waals surface area (Å²) >= 11 is 0. The quantitative estimate of drug-likeness (QED) is 0.319. The molecule has 0 saturated carbocycles. The molecule has 9 heteroatoms. The topological polar surface area (TPSA) is 96.0 Å². The lowest BCUT2D eigenvalue weighted by molar-refractivity contribution is -0.140. The standard InChI is InChI=1S/C32H41N3O5S/c1-7-25(4)33-32(37)29(20-26-14-9-8-10-15-26)34(21-27-16-12-11-13-24(27)3)31(36)22-35(41(6,38)39)28-19-23(2)17-18-30(28)40-5/h8-19,25,29H,7,20-22H2,1-6H3,(H,33,37). The van der Waals surface area contributed by atoms with Crippen molar-refractivity contribution in [1.82, 2.24) is 10.2 Å². The summed E-state index contributed by atoms with van der Waals surface area (Å²) in [5.74, 6) is -0.457. The summed E-state index contributed by atoms with van der Waals surface area (Å²) in [6.45, 7) is 7.33. The van der Waals surface area contributed by atoms with E-state index in [9.17, 15) is 18.0 Å². The number of aryl methyl sites for hydroxylation is 2. The summed E-state index contributed by atoms with van der Waals surface area (Å²) in [5.41, 5.74) is 3.80. The Morgan fingerprint density at radius 3 is 2.24 bits per heavy atom. The van der Waals surface area contributed by atoms with Crippen molar-refractivity contribution >= 4 is 27.5 Å². The van der Waals surface area contributed by atoms with Crippen LogP contribution < -0.4 is 14.4 Å². The first-order chi connectivity index (χ1) is 19.4. The molecule has 1 N–H and O–H groups in total. The first-order valence-corrected chi connectivity index (χ1v) is 15.6. The molecule has 41 heavy (non-hydrogen) atoms. The molecule has 0 saturated heterocycles. The molecular formula is C32H41N3O5S. The normalized spacial score (nSPS) is 12.7. The van der Waals surface area contributed by atoms with Gasteiger partial charge in [0.15, 0.2) is 0 Å². The molecule has 0 spiro atoms. The van der Waals surface area contributed by atoms with Crippen LogP contribution in [0, 0.1) is 13.8 Å². The summed E-state index contributed by atoms with van der Waals surface area (Å²) in [5, 5.41) is 3.04. The second-order valence-corrected chi connectivity index (χ2v) is 12.3. The van der Waals surface area contributed by atoms with Gasteiger partial charge in [0.25, 0.3) is 0 Å². The zero-order valence-electron chi connectivity index (χ0n) is 24.8. The van der Waals surface area contributed by atoms with Gasteiger partial charge >= 0.3 is 0 Å². The fourth-order valence-corrected chi connectivity index (χ4v) is 5.40. The number of methoxy groups -OCH3 is 1. The number of carbonyl (C=O) groups excluding carboxylic acids is 2. The number of sulfonamides is 1. The Morgan fingerprint density at radius 1 is 0.976 bits per heavy atom. The van der Waals surface area contributed by atoms with E-state index in [2.05, 4.69) is 5.32 Å². The highest BCUT2D eigenvalue weighted by molar-refractivity contribution is 7.92. The van der Waals surface area contributed by atoms with E-state index < -0.39 is 28.5 Å². The number of anilines is 1. The molecule has 0 aromatic heterocycles. The number of benzene rings is 3. The third-order valence-electron chi connectivity index (χ3n) is 7.16. The molecule has 2 amide bonds. The highest BCUT2D eigenvalue weighted by atomic mass is 32.2. The molecule has 3 aromatic rings. The Labute approximate surface area is 244 Å². The van der Waals surface area contributed by atoms with Gasteiger partial charge in [0.05, 0.1) is 19.1 Å². The minimum atomic E-state index is -3.90. The minimum Gasteiger partial charge on any atom is -0.495 e. The summed E-state index contributed by atoms with van der Waals surface area (Å²) in [6, 6.07) is 21.4. The molecule has 0 aliphatic carbocycles. The molecule has 0 heterocycles. The average molecular weight is 580 g/mol. The molecule has 3 aromatic carbocycles. The van der Waals surface area contributed by atoms with Crippen LogP contribution >= 0.6 is 0 Å². The molecule has 3 rings (SSSR count). The number of hydrogen-bond donors (Lipinski definition) is 1. The molecular weight excluding hydrogens is 538 g/mol. The first-order valence-electron chi connectivity index (χ1n) is 13.7. The lowest BCUT2D eigenvalue weighted by atomic mass is 10.0. The summed E-state index contributed by atoms with van der Waals surface area (Å²) in [7, 11) is -2.45. The van der Waals surface area contributed by atoms with E-state index in [1.165, 1.54) is 12.0 Å². The van der Waals surface area contributed by atoms with Gasteiger partial charge in [0.1, 0.15) is 18.3 Å². The Bertz CT molecular complexity index is 1440. The zero-order valence-corrected chi connectivity index (χ0v) is 25.6. The maximum Gasteiger partial charge on any atom is 0.244 e. The van der Waals surface area contributed by atoms with Gasteiger partial charge < -0.3 is 15.0 Å². The van der Waals surface area contributed by atoms with E-state index in [1.807, 2.05) is 88.4 Å². The molecule has 0 fully saturated rings. The zero-order chi connectivity index (χ0) is 30.2. The number of ether oxygens (including phenoxy) is 1. The fourth-order valence-electron chi connectivity index (χ4n) is 4.56. The second-order valence-electron chi connectivity index (χ2n) is 10.4. The van der Waals surface area contributed by atoms with Crippen LogP contribution in [0.5, 0.6) is 5.75 Å². The molecule has 0 aliphatic heterocycles. The molecule has 0 bridgehead atoms. The van der Waals surface area contributed by atoms with Crippen molar-refractivity contribution in [1.29, 1.82) is 0 Å². The van der Waals surface area contributed by atoms with Gasteiger partial charge in [0.2, 0.25) is 21.8 Å². The van der Waals surface area contributed by atoms with E-state index in [1.54, 1.807) is 12.1 Å². The number of nitrogens with one attached hydrogen (secondary N) is 1. The third kappa shape index (κ3) is 8.57. The van der Waals surface area contributed by atoms with E-state index in [0.29, 0.717) is 5.75 Å². The van der Waals surface area contributed by atoms with Crippen LogP contribution in [0.1, 0.15) is 42.5 Å². The number of nitrogens with zero attached hydrogens (tertiary/aromatic N) is 2. The van der Waals surface area contributed by atoms with Crippen LogP contribution in [0.3, 0.4) is 0 Å². The van der Waals surface area contributed by atoms with Crippen molar-refractivity contribution in [3.63, 3.8) is 0 Å². The predicted molar refractivity (Wildman–Crippen MR) is 163 cm³/mol. The highest BCUT2D eigenvalue weighted by Gasteiger charge is 2.34. The van der Waals surface area contributed by atoms with Crippen LogP contribution in [0.25, 0.3) is 0 Å². The van der Waals surface area contributed by atoms with Crippen LogP contribution in [0.15, 0.2) is 72.8 Å². The van der Waals surface area contributed by atoms with E-state index in [4.69, 9.17) is 4.74 Å². The number of amides is 2. The maximum absolute atomic E-state index is 14.3. The first kappa shape index (κ1) is 31.7. The van der Waals surface area contributed by atoms with Gasteiger partial charge in [-0.25, -0.2) is 8.42 Å². The average Bonchev–Trinajstić information content (AvgIpc) is 2.94. The second kappa shape index (κ2) is 14.2. The van der Waals surface area contributed by atoms with Gasteiger partial charge in [-0.3, -0.25) is 13.9 Å². The van der Waals surface area contributed by atoms with Crippen LogP contribution in [-0.4, -0.2) is 57.1 Å². The number of hydrogen-bond acceptors (Lipinski definition) is 5. The Hall–Kier alpha value is -3.85. The van der Waals surface area contributed by atoms with E-state index in [0.717, 1.165) is 39.2 Å². The third-order valence-corrected chi connectivity index (χ3v) is 8.28. The van der Waals surface area contributed by atoms with Gasteiger partial charge in [0, 0.05) is 19.0 Å². The summed E-state index contributed by atoms with van der Waals surface area (Å²) in [6.07, 6.45) is 2.06. The fraction of sp³-hybridized carbons (Fsp3) is 0.375. The SMILES string of the molecule is CCC(C)NC(=O)C(Cc1ccccc1)N(Cc1ccccc1C)C(=O)CN(c1cc(C)ccc1OC)S(C)(=O)=O. The van der Waals surface area contributed by atoms with Crippen molar-refractivity contribution in [3.05, 3.63) is 95.1 Å². The molecule has 0 aliphatic rings. The number of rotatable bonds is 13. The molecule has 8 nitrogen and oxygen atoms in total. The van der Waals surface area contributed by atoms with Gasteiger partial charge in [-0.05, 0) is 61.6 Å². The smallest absolute Gasteiger partial charge is 0.244 e. The van der Waals surface area contributed by atoms with Crippen LogP contribution in [0.2, 0.25) is 0 Å². The van der Waals surface area contributed by atoms with Gasteiger partial charge in [-0.1, -0.05) is 67.6 Å². The molecule has 220 valence electrons. The summed E-state index contributed by atoms with van der Waals surface area (Å²) < 4.78 is 32.7. The van der Waals surface area contributed by atoms with Crippen molar-refractivity contribution in [2.75, 3.05) is 24.2 Å². The summed E-state index contributed by atoms with van der Waals surface area (Å²) in [4.78, 5) is 29.6. The van der Waals surface area contributed by atoms with E-state index in [-0.39, 0.29) is 30.6 Å². The van der Waals surface area contributed by atoms with Crippen molar-refractivity contribution in [3.8, 4) is 5.75 Å². The minimum absolute atomic E-state index is 0.0970. The largest absolute Gasteiger partial charge is 0.495 e. The molecule has 0 radical (unpaired) electrons. The lowest BCUT2D eigenvalue weighted by Crippen LogP contribution is -2.54. The molecule has 2 atom stereocenters. The van der Waals surface area contributed by atoms with Crippen molar-refractivity contribution in [2.24, 2.45) is 0 Å². The monoisotopic (exact) mass is 579 g/mol. The van der Waals surface area contributed by atoms with Crippen LogP contribution in [0.4, 0.5) is 5.69 Å². The molecule has 2 unspecified atom stereocenters. The Balaban J connectivity index is 2.11. The Kier molecular flexibility index (Phi) is 10.9. The van der Waals surface area contributed by atoms with Crippen molar-refractivity contribution in [2.45, 2.75) is 59.2 Å². The van der Waals surface area contributed by atoms with Gasteiger partial charge in [-0.15, -0.1) is 0 Å². The maximum atomic E-state index is 14.3. The van der Waals surface area contributed by atoms with E-state index >= 15 is 0 Å². The Morgan fingerprint density at radius 2 is 1.63 bits per heavy atom. The van der Waals surface area contributed by atoms with Crippen LogP contribution in [-0.2, 0) is 32.6 Å². The van der Waals surface area contributed by atoms with Gasteiger partial charge in [-0.2, -0.15) is 0 Å². The highest BCUT2D eigenvalue weighted by Crippen LogP contribution is 2.31. The predicted octanol–water partition coefficient (Wildman–Crippen LogP) is 4.63. The van der Waals surface area contributed by atoms with Crippen molar-refractivity contribution < 1.29 is 22.7 Å². The lowest BCUT2D eigenvalue weighted by Gasteiger charge is -2.34.